The molecule has 1 amide bonds. The predicted molar refractivity (Wildman–Crippen MR) is 119 cm³/mol. The fourth-order valence-corrected chi connectivity index (χ4v) is 4.08. The predicted octanol–water partition coefficient (Wildman–Crippen LogP) is 3.84. The van der Waals surface area contributed by atoms with E-state index in [1.54, 1.807) is 6.07 Å². The zero-order valence-electron chi connectivity index (χ0n) is 18.5. The van der Waals surface area contributed by atoms with Gasteiger partial charge in [-0.1, -0.05) is 0 Å². The molecule has 0 saturated carbocycles. The molecule has 0 aliphatic carbocycles. The molecular formula is C22H26F3N7O. The van der Waals surface area contributed by atoms with Gasteiger partial charge in [0, 0.05) is 43.5 Å². The third-order valence-corrected chi connectivity index (χ3v) is 5.96. The van der Waals surface area contributed by atoms with E-state index < -0.39 is 12.0 Å². The van der Waals surface area contributed by atoms with Gasteiger partial charge in [0.1, 0.15) is 5.82 Å². The van der Waals surface area contributed by atoms with Crippen LogP contribution in [-0.2, 0) is 11.0 Å². The normalized spacial score (nSPS) is 15.1. The van der Waals surface area contributed by atoms with Gasteiger partial charge in [0.25, 0.3) is 5.82 Å². The summed E-state index contributed by atoms with van der Waals surface area (Å²) >= 11 is 0. The number of hydrogen-bond acceptors (Lipinski definition) is 6. The molecular weight excluding hydrogens is 435 g/mol. The Morgan fingerprint density at radius 2 is 1.73 bits per heavy atom. The Bertz CT molecular complexity index is 1100. The number of carbonyl (C=O) groups is 1. The molecule has 1 aliphatic rings. The molecule has 1 fully saturated rings. The summed E-state index contributed by atoms with van der Waals surface area (Å²) in [6.45, 7) is 7.05. The van der Waals surface area contributed by atoms with Gasteiger partial charge in [-0.25, -0.2) is 0 Å². The summed E-state index contributed by atoms with van der Waals surface area (Å²) in [7, 11) is 0. The van der Waals surface area contributed by atoms with Crippen molar-refractivity contribution in [2.75, 3.05) is 41.3 Å². The highest BCUT2D eigenvalue weighted by molar-refractivity contribution is 5.92. The number of nitrogens with one attached hydrogen (secondary N) is 1. The molecule has 4 rings (SSSR count). The average Bonchev–Trinajstić information content (AvgIpc) is 3.25. The number of carbonyl (C=O) groups excluding carboxylic acids is 1. The third-order valence-electron chi connectivity index (χ3n) is 5.96. The number of anilines is 3. The first-order valence-electron chi connectivity index (χ1n) is 11.0. The highest BCUT2D eigenvalue weighted by Crippen LogP contribution is 2.29. The number of halogens is 3. The lowest BCUT2D eigenvalue weighted by Gasteiger charge is -2.32. The van der Waals surface area contributed by atoms with Crippen molar-refractivity contribution in [1.29, 1.82) is 0 Å². The van der Waals surface area contributed by atoms with Crippen molar-refractivity contribution in [3.05, 3.63) is 42.2 Å². The molecule has 0 bridgehead atoms. The Balaban J connectivity index is 1.37. The first-order chi connectivity index (χ1) is 15.8. The second kappa shape index (κ2) is 9.24. The van der Waals surface area contributed by atoms with Crippen LogP contribution in [0.1, 0.15) is 32.5 Å². The van der Waals surface area contributed by atoms with Crippen LogP contribution in [0.3, 0.4) is 0 Å². The standard InChI is InChI=1S/C22H26F3N7O/c1-3-30(4-2)17-7-5-16(6-8-17)26-20(33)15-11-13-31(14-12-15)19-10-9-18-27-28-21(22(23,24)25)32(18)29-19/h5-10,15H,3-4,11-14H2,1-2H3,(H,26,33). The van der Waals surface area contributed by atoms with Gasteiger partial charge in [0.15, 0.2) is 5.65 Å². The summed E-state index contributed by atoms with van der Waals surface area (Å²) in [5.41, 5.74) is 1.89. The molecule has 1 saturated heterocycles. The van der Waals surface area contributed by atoms with Crippen LogP contribution in [0.4, 0.5) is 30.4 Å². The molecule has 0 atom stereocenters. The van der Waals surface area contributed by atoms with Crippen molar-refractivity contribution in [1.82, 2.24) is 19.8 Å². The van der Waals surface area contributed by atoms with Gasteiger partial charge < -0.3 is 15.1 Å². The van der Waals surface area contributed by atoms with E-state index in [0.717, 1.165) is 29.0 Å². The molecule has 2 aromatic heterocycles. The van der Waals surface area contributed by atoms with Crippen molar-refractivity contribution in [2.45, 2.75) is 32.9 Å². The number of amides is 1. The van der Waals surface area contributed by atoms with Crippen LogP contribution in [0.5, 0.6) is 0 Å². The van der Waals surface area contributed by atoms with Crippen LogP contribution in [0.25, 0.3) is 5.65 Å². The van der Waals surface area contributed by atoms with Crippen molar-refractivity contribution in [2.24, 2.45) is 5.92 Å². The second-order valence-corrected chi connectivity index (χ2v) is 7.95. The van der Waals surface area contributed by atoms with E-state index in [4.69, 9.17) is 0 Å². The number of hydrogen-bond donors (Lipinski definition) is 1. The van der Waals surface area contributed by atoms with Crippen molar-refractivity contribution in [3.8, 4) is 0 Å². The van der Waals surface area contributed by atoms with Gasteiger partial charge in [-0.3, -0.25) is 4.79 Å². The summed E-state index contributed by atoms with van der Waals surface area (Å²) in [5.74, 6) is -0.973. The molecule has 0 spiro atoms. The molecule has 1 aromatic carbocycles. The maximum atomic E-state index is 13.1. The monoisotopic (exact) mass is 461 g/mol. The molecule has 33 heavy (non-hydrogen) atoms. The highest BCUT2D eigenvalue weighted by atomic mass is 19.4. The summed E-state index contributed by atoms with van der Waals surface area (Å²) in [5, 5.41) is 13.8. The van der Waals surface area contributed by atoms with E-state index >= 15 is 0 Å². The lowest BCUT2D eigenvalue weighted by molar-refractivity contribution is -0.146. The number of fused-ring (bicyclic) bond motifs is 1. The Morgan fingerprint density at radius 3 is 2.33 bits per heavy atom. The van der Waals surface area contributed by atoms with Gasteiger partial charge in [0.05, 0.1) is 0 Å². The van der Waals surface area contributed by atoms with Crippen LogP contribution in [0.15, 0.2) is 36.4 Å². The lowest BCUT2D eigenvalue weighted by Crippen LogP contribution is -2.38. The summed E-state index contributed by atoms with van der Waals surface area (Å²) in [6, 6.07) is 10.9. The molecule has 3 heterocycles. The Morgan fingerprint density at radius 1 is 1.06 bits per heavy atom. The van der Waals surface area contributed by atoms with E-state index in [-0.39, 0.29) is 17.5 Å². The van der Waals surface area contributed by atoms with Crippen LogP contribution < -0.4 is 15.1 Å². The number of benzene rings is 1. The number of piperidine rings is 1. The van der Waals surface area contributed by atoms with Gasteiger partial charge >= 0.3 is 6.18 Å². The lowest BCUT2D eigenvalue weighted by atomic mass is 9.96. The van der Waals surface area contributed by atoms with Gasteiger partial charge in [-0.2, -0.15) is 17.7 Å². The summed E-state index contributed by atoms with van der Waals surface area (Å²) in [4.78, 5) is 16.8. The maximum absolute atomic E-state index is 13.1. The van der Waals surface area contributed by atoms with Crippen LogP contribution in [0, 0.1) is 5.92 Å². The first-order valence-corrected chi connectivity index (χ1v) is 11.0. The maximum Gasteiger partial charge on any atom is 0.453 e. The Hall–Kier alpha value is -3.37. The SMILES string of the molecule is CCN(CC)c1ccc(NC(=O)C2CCN(c3ccc4nnc(C(F)(F)F)n4n3)CC2)cc1. The van der Waals surface area contributed by atoms with Crippen LogP contribution in [-0.4, -0.2) is 51.9 Å². The molecule has 176 valence electrons. The summed E-state index contributed by atoms with van der Waals surface area (Å²) < 4.78 is 40.1. The highest BCUT2D eigenvalue weighted by Gasteiger charge is 2.38. The molecule has 0 radical (unpaired) electrons. The zero-order valence-corrected chi connectivity index (χ0v) is 18.5. The topological polar surface area (TPSA) is 78.7 Å². The largest absolute Gasteiger partial charge is 0.453 e. The Labute approximate surface area is 189 Å². The van der Waals surface area contributed by atoms with E-state index in [1.165, 1.54) is 6.07 Å². The van der Waals surface area contributed by atoms with Crippen LogP contribution >= 0.6 is 0 Å². The number of nitrogens with zero attached hydrogens (tertiary/aromatic N) is 6. The molecule has 11 heteroatoms. The van der Waals surface area contributed by atoms with Crippen LogP contribution in [0.2, 0.25) is 0 Å². The minimum Gasteiger partial charge on any atom is -0.372 e. The van der Waals surface area contributed by atoms with E-state index in [9.17, 15) is 18.0 Å². The summed E-state index contributed by atoms with van der Waals surface area (Å²) in [6.07, 6.45) is -3.48. The van der Waals surface area contributed by atoms with Crippen molar-refractivity contribution >= 4 is 28.7 Å². The van der Waals surface area contributed by atoms with E-state index in [1.807, 2.05) is 29.2 Å². The van der Waals surface area contributed by atoms with Gasteiger partial charge in [-0.15, -0.1) is 15.3 Å². The van der Waals surface area contributed by atoms with E-state index in [2.05, 4.69) is 39.4 Å². The fraction of sp³-hybridized carbons (Fsp3) is 0.455. The quantitative estimate of drug-likeness (QED) is 0.601. The molecule has 0 unspecified atom stereocenters. The van der Waals surface area contributed by atoms with E-state index in [0.29, 0.717) is 31.7 Å². The van der Waals surface area contributed by atoms with Gasteiger partial charge in [-0.05, 0) is 63.1 Å². The van der Waals surface area contributed by atoms with Crippen molar-refractivity contribution < 1.29 is 18.0 Å². The molecule has 1 aliphatic heterocycles. The zero-order chi connectivity index (χ0) is 23.6. The minimum absolute atomic E-state index is 0.0346. The molecule has 8 nitrogen and oxygen atoms in total. The second-order valence-electron chi connectivity index (χ2n) is 7.95. The molecule has 3 aromatic rings. The van der Waals surface area contributed by atoms with Crippen molar-refractivity contribution in [3.63, 3.8) is 0 Å². The van der Waals surface area contributed by atoms with Gasteiger partial charge in [0.2, 0.25) is 5.91 Å². The number of aromatic nitrogens is 4. The fourth-order valence-electron chi connectivity index (χ4n) is 4.08. The molecule has 1 N–H and O–H groups in total. The number of rotatable bonds is 6. The third kappa shape index (κ3) is 4.86. The minimum atomic E-state index is -4.64. The number of alkyl halides is 3. The first kappa shape index (κ1) is 22.8. The smallest absolute Gasteiger partial charge is 0.372 e. The Kier molecular flexibility index (Phi) is 6.39. The average molecular weight is 461 g/mol.